The summed E-state index contributed by atoms with van der Waals surface area (Å²) >= 11 is 5.92. The van der Waals surface area contributed by atoms with Crippen LogP contribution in [0.15, 0.2) is 79.0 Å². The number of halogens is 1. The summed E-state index contributed by atoms with van der Waals surface area (Å²) < 4.78 is 0. The van der Waals surface area contributed by atoms with Crippen molar-refractivity contribution in [3.63, 3.8) is 0 Å². The summed E-state index contributed by atoms with van der Waals surface area (Å²) in [6, 6.07) is 23.2. The first-order valence-electron chi connectivity index (χ1n) is 11.1. The van der Waals surface area contributed by atoms with Gasteiger partial charge in [0, 0.05) is 52.8 Å². The minimum absolute atomic E-state index is 0.0326. The summed E-state index contributed by atoms with van der Waals surface area (Å²) in [5.41, 5.74) is 4.88. The fraction of sp³-hybridized carbons (Fsp3) is 0.185. The molecule has 1 aliphatic rings. The maximum absolute atomic E-state index is 13.3. The first kappa shape index (κ1) is 21.3. The molecule has 0 radical (unpaired) electrons. The molecule has 1 aliphatic heterocycles. The molecule has 1 atom stereocenters. The van der Waals surface area contributed by atoms with Gasteiger partial charge < -0.3 is 15.2 Å². The van der Waals surface area contributed by atoms with Gasteiger partial charge in [0.05, 0.1) is 6.04 Å². The number of hydrogen-bond donors (Lipinski definition) is 2. The van der Waals surface area contributed by atoms with E-state index in [4.69, 9.17) is 11.6 Å². The van der Waals surface area contributed by atoms with Gasteiger partial charge in [-0.15, -0.1) is 0 Å². The maximum Gasteiger partial charge on any atom is 0.255 e. The van der Waals surface area contributed by atoms with Crippen molar-refractivity contribution in [3.05, 3.63) is 106 Å². The Bertz CT molecular complexity index is 1310. The highest BCUT2D eigenvalue weighted by Gasteiger charge is 2.38. The normalized spacial score (nSPS) is 15.1. The molecule has 5 nitrogen and oxygen atoms in total. The number of H-pyrrole nitrogens is 1. The molecule has 2 heterocycles. The number of rotatable bonds is 7. The molecule has 5 rings (SSSR count). The number of benzene rings is 3. The van der Waals surface area contributed by atoms with E-state index in [1.165, 1.54) is 0 Å². The van der Waals surface area contributed by atoms with Gasteiger partial charge in [0.2, 0.25) is 5.91 Å². The van der Waals surface area contributed by atoms with Gasteiger partial charge in [-0.3, -0.25) is 9.59 Å². The summed E-state index contributed by atoms with van der Waals surface area (Å²) in [5, 5.41) is 4.75. The summed E-state index contributed by atoms with van der Waals surface area (Å²) in [6.45, 7) is 0.894. The Kier molecular flexibility index (Phi) is 5.88. The second kappa shape index (κ2) is 9.12. The minimum Gasteiger partial charge on any atom is -0.361 e. The fourth-order valence-electron chi connectivity index (χ4n) is 4.56. The zero-order valence-electron chi connectivity index (χ0n) is 18.1. The van der Waals surface area contributed by atoms with Crippen LogP contribution in [0, 0.1) is 0 Å². The van der Waals surface area contributed by atoms with Crippen LogP contribution < -0.4 is 5.32 Å². The van der Waals surface area contributed by atoms with Crippen LogP contribution in [0.2, 0.25) is 5.02 Å². The molecule has 0 aliphatic carbocycles. The van der Waals surface area contributed by atoms with Gasteiger partial charge in [-0.05, 0) is 41.8 Å². The molecule has 2 amide bonds. The molecule has 0 unspecified atom stereocenters. The molecule has 0 spiro atoms. The van der Waals surface area contributed by atoms with E-state index < -0.39 is 0 Å². The van der Waals surface area contributed by atoms with Crippen molar-refractivity contribution in [1.82, 2.24) is 15.2 Å². The van der Waals surface area contributed by atoms with Crippen molar-refractivity contribution in [2.45, 2.75) is 18.9 Å². The van der Waals surface area contributed by atoms with E-state index >= 15 is 0 Å². The number of carbonyl (C=O) groups excluding carboxylic acids is 2. The standard InChI is InChI=1S/C27H24ClN3O2/c28-19-11-9-18(10-12-19)13-15-29-25(32)14-16-31-26(21-6-1-2-7-22(21)27(31)33)23-17-30-24-8-4-3-5-20(23)24/h1-12,17,26,30H,13-16H2,(H,29,32)/t26-/m1/s1. The zero-order chi connectivity index (χ0) is 22.8. The lowest BCUT2D eigenvalue weighted by Gasteiger charge is -2.25. The molecule has 33 heavy (non-hydrogen) atoms. The Morgan fingerprint density at radius 1 is 0.970 bits per heavy atom. The van der Waals surface area contributed by atoms with E-state index in [1.54, 1.807) is 0 Å². The highest BCUT2D eigenvalue weighted by Crippen LogP contribution is 2.41. The van der Waals surface area contributed by atoms with E-state index in [1.807, 2.05) is 77.8 Å². The van der Waals surface area contributed by atoms with Crippen molar-refractivity contribution < 1.29 is 9.59 Å². The van der Waals surface area contributed by atoms with Crippen LogP contribution in [0.25, 0.3) is 10.9 Å². The first-order valence-corrected chi connectivity index (χ1v) is 11.5. The van der Waals surface area contributed by atoms with E-state index in [2.05, 4.69) is 16.4 Å². The second-order valence-electron chi connectivity index (χ2n) is 8.25. The molecule has 3 aromatic carbocycles. The first-order chi connectivity index (χ1) is 16.1. The third-order valence-electron chi connectivity index (χ3n) is 6.20. The van der Waals surface area contributed by atoms with Crippen molar-refractivity contribution in [2.24, 2.45) is 0 Å². The summed E-state index contributed by atoms with van der Waals surface area (Å²) in [5.74, 6) is -0.0970. The Balaban J connectivity index is 1.30. The quantitative estimate of drug-likeness (QED) is 0.404. The van der Waals surface area contributed by atoms with Crippen LogP contribution in [0.1, 0.15) is 39.5 Å². The molecule has 0 bridgehead atoms. The molecule has 6 heteroatoms. The monoisotopic (exact) mass is 457 g/mol. The second-order valence-corrected chi connectivity index (χ2v) is 8.69. The number of fused-ring (bicyclic) bond motifs is 2. The number of nitrogens with zero attached hydrogens (tertiary/aromatic N) is 1. The van der Waals surface area contributed by atoms with Crippen LogP contribution >= 0.6 is 11.6 Å². The predicted octanol–water partition coefficient (Wildman–Crippen LogP) is 5.12. The van der Waals surface area contributed by atoms with E-state index in [0.29, 0.717) is 23.7 Å². The Labute approximate surface area is 197 Å². The van der Waals surface area contributed by atoms with Gasteiger partial charge in [-0.25, -0.2) is 0 Å². The molecule has 0 saturated heterocycles. The SMILES string of the molecule is O=C(CCN1C(=O)c2ccccc2[C@@H]1c1c[nH]c2ccccc12)NCCc1ccc(Cl)cc1. The van der Waals surface area contributed by atoms with E-state index in [0.717, 1.165) is 34.0 Å². The number of amides is 2. The van der Waals surface area contributed by atoms with Gasteiger partial charge in [0.25, 0.3) is 5.91 Å². The highest BCUT2D eigenvalue weighted by atomic mass is 35.5. The zero-order valence-corrected chi connectivity index (χ0v) is 18.8. The van der Waals surface area contributed by atoms with Crippen LogP contribution in [0.4, 0.5) is 0 Å². The highest BCUT2D eigenvalue weighted by molar-refractivity contribution is 6.30. The number of nitrogens with one attached hydrogen (secondary N) is 2. The molecule has 0 saturated carbocycles. The summed E-state index contributed by atoms with van der Waals surface area (Å²) in [4.78, 5) is 30.9. The number of carbonyl (C=O) groups is 2. The Morgan fingerprint density at radius 3 is 2.58 bits per heavy atom. The number of aromatic amines is 1. The molecular formula is C27H24ClN3O2. The number of aromatic nitrogens is 1. The van der Waals surface area contributed by atoms with Gasteiger partial charge in [-0.2, -0.15) is 0 Å². The van der Waals surface area contributed by atoms with Gasteiger partial charge >= 0.3 is 0 Å². The molecular weight excluding hydrogens is 434 g/mol. The lowest BCUT2D eigenvalue weighted by Crippen LogP contribution is -2.34. The smallest absolute Gasteiger partial charge is 0.255 e. The lowest BCUT2D eigenvalue weighted by atomic mass is 9.97. The van der Waals surface area contributed by atoms with Crippen molar-refractivity contribution >= 4 is 34.3 Å². The molecule has 4 aromatic rings. The molecule has 0 fully saturated rings. The third-order valence-corrected chi connectivity index (χ3v) is 6.45. The van der Waals surface area contributed by atoms with Crippen LogP contribution in [0.3, 0.4) is 0 Å². The van der Waals surface area contributed by atoms with Crippen LogP contribution in [0.5, 0.6) is 0 Å². The Hall–Kier alpha value is -3.57. The predicted molar refractivity (Wildman–Crippen MR) is 130 cm³/mol. The van der Waals surface area contributed by atoms with Crippen LogP contribution in [-0.4, -0.2) is 34.8 Å². The van der Waals surface area contributed by atoms with Gasteiger partial charge in [0.1, 0.15) is 0 Å². The lowest BCUT2D eigenvalue weighted by molar-refractivity contribution is -0.121. The van der Waals surface area contributed by atoms with Crippen molar-refractivity contribution in [3.8, 4) is 0 Å². The van der Waals surface area contributed by atoms with E-state index in [9.17, 15) is 9.59 Å². The molecule has 1 aromatic heterocycles. The largest absolute Gasteiger partial charge is 0.361 e. The third kappa shape index (κ3) is 4.24. The maximum atomic E-state index is 13.3. The number of para-hydroxylation sites is 1. The van der Waals surface area contributed by atoms with Crippen LogP contribution in [-0.2, 0) is 11.2 Å². The number of hydrogen-bond acceptors (Lipinski definition) is 2. The average molecular weight is 458 g/mol. The van der Waals surface area contributed by atoms with Crippen molar-refractivity contribution in [1.29, 1.82) is 0 Å². The topological polar surface area (TPSA) is 65.2 Å². The minimum atomic E-state index is -0.216. The van der Waals surface area contributed by atoms with Crippen molar-refractivity contribution in [2.75, 3.05) is 13.1 Å². The van der Waals surface area contributed by atoms with Gasteiger partial charge in [-0.1, -0.05) is 60.1 Å². The fourth-order valence-corrected chi connectivity index (χ4v) is 4.69. The summed E-state index contributed by atoms with van der Waals surface area (Å²) in [6.07, 6.45) is 2.96. The van der Waals surface area contributed by atoms with Gasteiger partial charge in [0.15, 0.2) is 0 Å². The summed E-state index contributed by atoms with van der Waals surface area (Å²) in [7, 11) is 0. The molecule has 166 valence electrons. The average Bonchev–Trinajstić information content (AvgIpc) is 3.38. The van der Waals surface area contributed by atoms with E-state index in [-0.39, 0.29) is 24.3 Å². The molecule has 2 N–H and O–H groups in total. The Morgan fingerprint density at radius 2 is 1.73 bits per heavy atom.